The Kier molecular flexibility index (Phi) is 5.24. The standard InChI is InChI=1S/C6H13N5O2/c7-4(5(12)13)2-1-3-10-6(8)11-9/h1-2,4H,3,7,9H2,(H,12,13)(H3,8,10,11)/b2-1+. The average Bonchev–Trinajstić information content (AvgIpc) is 2.11. The molecule has 7 nitrogen and oxygen atoms in total. The highest BCUT2D eigenvalue weighted by Gasteiger charge is 2.04. The molecule has 0 aliphatic rings. The molecule has 0 rings (SSSR count). The van der Waals surface area contributed by atoms with Crippen molar-refractivity contribution in [3.05, 3.63) is 12.2 Å². The minimum absolute atomic E-state index is 0.0476. The minimum Gasteiger partial charge on any atom is -0.480 e. The Hall–Kier alpha value is -1.60. The number of guanidine groups is 1. The smallest absolute Gasteiger partial charge is 0.324 e. The summed E-state index contributed by atoms with van der Waals surface area (Å²) in [6, 6.07) is -1.01. The zero-order chi connectivity index (χ0) is 10.3. The van der Waals surface area contributed by atoms with Crippen molar-refractivity contribution in [2.24, 2.45) is 11.6 Å². The number of hydrazine groups is 1. The first-order chi connectivity index (χ1) is 6.07. The molecule has 0 aromatic carbocycles. The van der Waals surface area contributed by atoms with E-state index in [4.69, 9.17) is 22.1 Å². The zero-order valence-electron chi connectivity index (χ0n) is 6.95. The van der Waals surface area contributed by atoms with Gasteiger partial charge in [-0.25, -0.2) is 5.84 Å². The SMILES string of the molecule is N=C(NN)NC/C=C/C(N)C(=O)O. The lowest BCUT2D eigenvalue weighted by molar-refractivity contribution is -0.137. The van der Waals surface area contributed by atoms with Crippen LogP contribution in [-0.4, -0.2) is 29.6 Å². The fourth-order valence-corrected chi connectivity index (χ4v) is 0.509. The number of hydrogen-bond acceptors (Lipinski definition) is 4. The van der Waals surface area contributed by atoms with E-state index in [2.05, 4.69) is 10.7 Å². The van der Waals surface area contributed by atoms with Gasteiger partial charge in [0.25, 0.3) is 0 Å². The largest absolute Gasteiger partial charge is 0.480 e. The molecule has 0 aliphatic carbocycles. The number of nitrogens with two attached hydrogens (primary N) is 2. The molecule has 1 unspecified atom stereocenters. The second-order valence-corrected chi connectivity index (χ2v) is 2.19. The van der Waals surface area contributed by atoms with Crippen LogP contribution in [0.15, 0.2) is 12.2 Å². The van der Waals surface area contributed by atoms with E-state index in [-0.39, 0.29) is 5.96 Å². The second kappa shape index (κ2) is 5.98. The summed E-state index contributed by atoms with van der Waals surface area (Å²) in [5.41, 5.74) is 7.22. The Balaban J connectivity index is 3.63. The Morgan fingerprint density at radius 1 is 1.69 bits per heavy atom. The third kappa shape index (κ3) is 5.65. The van der Waals surface area contributed by atoms with Gasteiger partial charge in [-0.1, -0.05) is 12.2 Å². The molecule has 1 atom stereocenters. The fourth-order valence-electron chi connectivity index (χ4n) is 0.509. The molecule has 7 heteroatoms. The molecule has 0 aromatic heterocycles. The van der Waals surface area contributed by atoms with Gasteiger partial charge in [-0.3, -0.25) is 15.6 Å². The van der Waals surface area contributed by atoms with Gasteiger partial charge in [-0.05, 0) is 0 Å². The molecule has 0 saturated carbocycles. The summed E-state index contributed by atoms with van der Waals surface area (Å²) in [6.07, 6.45) is 2.82. The Labute approximate surface area is 75.3 Å². The number of hydrogen-bond donors (Lipinski definition) is 6. The van der Waals surface area contributed by atoms with Crippen molar-refractivity contribution in [1.29, 1.82) is 5.41 Å². The van der Waals surface area contributed by atoms with Crippen LogP contribution in [0.2, 0.25) is 0 Å². The molecule has 0 spiro atoms. The first-order valence-corrected chi connectivity index (χ1v) is 3.52. The third-order valence-corrected chi connectivity index (χ3v) is 1.17. The summed E-state index contributed by atoms with van der Waals surface area (Å²) in [7, 11) is 0. The van der Waals surface area contributed by atoms with Gasteiger partial charge in [0.05, 0.1) is 0 Å². The van der Waals surface area contributed by atoms with Gasteiger partial charge in [0.2, 0.25) is 5.96 Å². The minimum atomic E-state index is -1.09. The first kappa shape index (κ1) is 11.4. The van der Waals surface area contributed by atoms with E-state index in [0.29, 0.717) is 6.54 Å². The van der Waals surface area contributed by atoms with E-state index >= 15 is 0 Å². The molecule has 13 heavy (non-hydrogen) atoms. The van der Waals surface area contributed by atoms with Crippen LogP contribution in [0.5, 0.6) is 0 Å². The average molecular weight is 187 g/mol. The predicted octanol–water partition coefficient (Wildman–Crippen LogP) is -2.06. The van der Waals surface area contributed by atoms with Crippen LogP contribution in [0.3, 0.4) is 0 Å². The normalized spacial score (nSPS) is 12.5. The number of aliphatic carboxylic acids is 1. The molecular weight excluding hydrogens is 174 g/mol. The highest BCUT2D eigenvalue weighted by Crippen LogP contribution is 1.80. The monoisotopic (exact) mass is 187 g/mol. The zero-order valence-corrected chi connectivity index (χ0v) is 6.95. The van der Waals surface area contributed by atoms with Crippen LogP contribution >= 0.6 is 0 Å². The number of rotatable bonds is 4. The van der Waals surface area contributed by atoms with Gasteiger partial charge in [0, 0.05) is 6.54 Å². The third-order valence-electron chi connectivity index (χ3n) is 1.17. The van der Waals surface area contributed by atoms with Crippen LogP contribution in [0.4, 0.5) is 0 Å². The lowest BCUT2D eigenvalue weighted by Gasteiger charge is -2.03. The van der Waals surface area contributed by atoms with Crippen LogP contribution < -0.4 is 22.3 Å². The number of carbonyl (C=O) groups is 1. The molecule has 0 saturated heterocycles. The summed E-state index contributed by atoms with van der Waals surface area (Å²) in [4.78, 5) is 10.2. The quantitative estimate of drug-likeness (QED) is 0.0984. The highest BCUT2D eigenvalue weighted by molar-refractivity contribution is 5.76. The molecular formula is C6H13N5O2. The van der Waals surface area contributed by atoms with Crippen molar-refractivity contribution in [2.45, 2.75) is 6.04 Å². The van der Waals surface area contributed by atoms with Crippen molar-refractivity contribution in [3.63, 3.8) is 0 Å². The maximum Gasteiger partial charge on any atom is 0.324 e. The summed E-state index contributed by atoms with van der Waals surface area (Å²) in [5.74, 6) is 3.74. The Bertz CT molecular complexity index is 215. The van der Waals surface area contributed by atoms with E-state index in [0.717, 1.165) is 0 Å². The summed E-state index contributed by atoms with van der Waals surface area (Å²) < 4.78 is 0. The molecule has 0 radical (unpaired) electrons. The molecule has 0 fully saturated rings. The van der Waals surface area contributed by atoms with Crippen LogP contribution in [0.1, 0.15) is 0 Å². The number of carboxylic acid groups (broad SMARTS) is 1. The van der Waals surface area contributed by atoms with Gasteiger partial charge in [-0.15, -0.1) is 0 Å². The van der Waals surface area contributed by atoms with E-state index in [1.54, 1.807) is 0 Å². The van der Waals surface area contributed by atoms with Gasteiger partial charge < -0.3 is 16.2 Å². The van der Waals surface area contributed by atoms with E-state index in [1.165, 1.54) is 12.2 Å². The van der Waals surface area contributed by atoms with Crippen molar-refractivity contribution in [3.8, 4) is 0 Å². The van der Waals surface area contributed by atoms with E-state index in [9.17, 15) is 4.79 Å². The molecule has 0 bridgehead atoms. The molecule has 74 valence electrons. The fraction of sp³-hybridized carbons (Fsp3) is 0.333. The molecule has 8 N–H and O–H groups in total. The van der Waals surface area contributed by atoms with E-state index < -0.39 is 12.0 Å². The van der Waals surface area contributed by atoms with Crippen molar-refractivity contribution < 1.29 is 9.90 Å². The lowest BCUT2D eigenvalue weighted by Crippen LogP contribution is -2.40. The number of carboxylic acids is 1. The Morgan fingerprint density at radius 3 is 2.77 bits per heavy atom. The maximum absolute atomic E-state index is 10.2. The van der Waals surface area contributed by atoms with Crippen LogP contribution in [-0.2, 0) is 4.79 Å². The second-order valence-electron chi connectivity index (χ2n) is 2.19. The van der Waals surface area contributed by atoms with Crippen LogP contribution in [0.25, 0.3) is 0 Å². The Morgan fingerprint density at radius 2 is 2.31 bits per heavy atom. The topological polar surface area (TPSA) is 137 Å². The van der Waals surface area contributed by atoms with Gasteiger partial charge in [-0.2, -0.15) is 0 Å². The van der Waals surface area contributed by atoms with Crippen LogP contribution in [0, 0.1) is 5.41 Å². The number of nitrogens with one attached hydrogen (secondary N) is 3. The molecule has 0 amide bonds. The summed E-state index contributed by atoms with van der Waals surface area (Å²) >= 11 is 0. The van der Waals surface area contributed by atoms with Crippen molar-refractivity contribution in [1.82, 2.24) is 10.7 Å². The van der Waals surface area contributed by atoms with E-state index in [1.807, 2.05) is 0 Å². The molecule has 0 aliphatic heterocycles. The maximum atomic E-state index is 10.2. The summed E-state index contributed by atoms with van der Waals surface area (Å²) in [5, 5.41) is 17.9. The molecule has 0 heterocycles. The first-order valence-electron chi connectivity index (χ1n) is 3.52. The predicted molar refractivity (Wildman–Crippen MR) is 47.8 cm³/mol. The summed E-state index contributed by atoms with van der Waals surface area (Å²) in [6.45, 7) is 0.296. The van der Waals surface area contributed by atoms with Gasteiger partial charge >= 0.3 is 5.97 Å². The van der Waals surface area contributed by atoms with Gasteiger partial charge in [0.15, 0.2) is 0 Å². The van der Waals surface area contributed by atoms with Crippen molar-refractivity contribution >= 4 is 11.9 Å². The highest BCUT2D eigenvalue weighted by atomic mass is 16.4. The molecule has 0 aromatic rings. The lowest BCUT2D eigenvalue weighted by atomic mass is 10.3. The van der Waals surface area contributed by atoms with Crippen molar-refractivity contribution in [2.75, 3.05) is 6.54 Å². The van der Waals surface area contributed by atoms with Gasteiger partial charge in [0.1, 0.15) is 6.04 Å².